The molecule has 0 aliphatic heterocycles. The highest BCUT2D eigenvalue weighted by Gasteiger charge is 2.13. The van der Waals surface area contributed by atoms with Crippen molar-refractivity contribution in [3.8, 4) is 0 Å². The summed E-state index contributed by atoms with van der Waals surface area (Å²) < 4.78 is 0. The molecule has 3 aromatic carbocycles. The van der Waals surface area contributed by atoms with E-state index < -0.39 is 0 Å². The van der Waals surface area contributed by atoms with Gasteiger partial charge >= 0.3 is 0 Å². The average Bonchev–Trinajstić information content (AvgIpc) is 2.74. The summed E-state index contributed by atoms with van der Waals surface area (Å²) in [5.74, 6) is 1.08. The summed E-state index contributed by atoms with van der Waals surface area (Å²) in [4.78, 5) is 2.36. The van der Waals surface area contributed by atoms with Crippen LogP contribution in [-0.2, 0) is 6.42 Å². The first-order valence-electron chi connectivity index (χ1n) is 11.1. The fraction of sp³-hybridized carbons (Fsp3) is 0.357. The molecule has 0 heterocycles. The van der Waals surface area contributed by atoms with E-state index in [1.807, 2.05) is 0 Å². The van der Waals surface area contributed by atoms with Gasteiger partial charge in [0.05, 0.1) is 0 Å². The SMILES string of the molecule is CCCCc1ccc(N(c2ccc(C(C)C)cc2)c2ccc(C(C)C)cc2)cc1. The first-order chi connectivity index (χ1) is 14.0. The number of benzene rings is 3. The summed E-state index contributed by atoms with van der Waals surface area (Å²) in [6.07, 6.45) is 3.64. The van der Waals surface area contributed by atoms with Crippen LogP contribution in [-0.4, -0.2) is 0 Å². The number of rotatable bonds is 8. The maximum Gasteiger partial charge on any atom is 0.0461 e. The van der Waals surface area contributed by atoms with Gasteiger partial charge in [-0.25, -0.2) is 0 Å². The van der Waals surface area contributed by atoms with Crippen LogP contribution in [0.25, 0.3) is 0 Å². The number of aryl methyl sites for hydroxylation is 1. The van der Waals surface area contributed by atoms with Crippen molar-refractivity contribution in [2.45, 2.75) is 65.7 Å². The Morgan fingerprint density at radius 2 is 0.966 bits per heavy atom. The molecular formula is C28H35N. The fourth-order valence-corrected chi connectivity index (χ4v) is 3.66. The van der Waals surface area contributed by atoms with Crippen LogP contribution in [0.5, 0.6) is 0 Å². The number of hydrogen-bond donors (Lipinski definition) is 0. The number of hydrogen-bond acceptors (Lipinski definition) is 1. The van der Waals surface area contributed by atoms with Crippen molar-refractivity contribution < 1.29 is 0 Å². The first kappa shape index (κ1) is 21.2. The van der Waals surface area contributed by atoms with Crippen LogP contribution in [0.2, 0.25) is 0 Å². The van der Waals surface area contributed by atoms with Gasteiger partial charge in [0.1, 0.15) is 0 Å². The molecule has 3 aromatic rings. The van der Waals surface area contributed by atoms with Crippen molar-refractivity contribution in [2.24, 2.45) is 0 Å². The van der Waals surface area contributed by atoms with E-state index in [1.165, 1.54) is 46.6 Å². The van der Waals surface area contributed by atoms with Crippen LogP contribution in [0.1, 0.15) is 76.0 Å². The lowest BCUT2D eigenvalue weighted by Crippen LogP contribution is -2.10. The van der Waals surface area contributed by atoms with E-state index in [0.29, 0.717) is 11.8 Å². The molecule has 0 aliphatic carbocycles. The first-order valence-corrected chi connectivity index (χ1v) is 11.1. The molecule has 0 fully saturated rings. The molecule has 1 nitrogen and oxygen atoms in total. The summed E-state index contributed by atoms with van der Waals surface area (Å²) in [5.41, 5.74) is 7.78. The minimum absolute atomic E-state index is 0.542. The monoisotopic (exact) mass is 385 g/mol. The van der Waals surface area contributed by atoms with Crippen LogP contribution < -0.4 is 4.90 Å². The van der Waals surface area contributed by atoms with Gasteiger partial charge in [0, 0.05) is 17.1 Å². The Morgan fingerprint density at radius 3 is 1.31 bits per heavy atom. The lowest BCUT2D eigenvalue weighted by molar-refractivity contribution is 0.795. The summed E-state index contributed by atoms with van der Waals surface area (Å²) in [6.45, 7) is 11.2. The minimum Gasteiger partial charge on any atom is -0.311 e. The van der Waals surface area contributed by atoms with Crippen molar-refractivity contribution in [3.63, 3.8) is 0 Å². The Bertz CT molecular complexity index is 820. The molecule has 0 bridgehead atoms. The van der Waals surface area contributed by atoms with Gasteiger partial charge in [-0.1, -0.05) is 77.4 Å². The van der Waals surface area contributed by atoms with E-state index in [1.54, 1.807) is 0 Å². The zero-order valence-corrected chi connectivity index (χ0v) is 18.7. The van der Waals surface area contributed by atoms with Crippen LogP contribution in [0, 0.1) is 0 Å². The molecule has 0 amide bonds. The van der Waals surface area contributed by atoms with Crippen molar-refractivity contribution in [3.05, 3.63) is 89.5 Å². The van der Waals surface area contributed by atoms with E-state index in [4.69, 9.17) is 0 Å². The molecule has 0 aromatic heterocycles. The number of nitrogens with zero attached hydrogens (tertiary/aromatic N) is 1. The average molecular weight is 386 g/mol. The highest BCUT2D eigenvalue weighted by molar-refractivity contribution is 5.76. The molecule has 0 spiro atoms. The fourth-order valence-electron chi connectivity index (χ4n) is 3.66. The summed E-state index contributed by atoms with van der Waals surface area (Å²) in [6, 6.07) is 27.1. The molecule has 152 valence electrons. The third-order valence-corrected chi connectivity index (χ3v) is 5.65. The standard InChI is InChI=1S/C28H35N/c1-6-7-8-23-9-15-26(16-10-23)29(27-17-11-24(12-18-27)21(2)3)28-19-13-25(14-20-28)22(4)5/h9-22H,6-8H2,1-5H3. The maximum atomic E-state index is 2.36. The van der Waals surface area contributed by atoms with Gasteiger partial charge in [-0.2, -0.15) is 0 Å². The van der Waals surface area contributed by atoms with Gasteiger partial charge in [0.15, 0.2) is 0 Å². The molecule has 0 unspecified atom stereocenters. The Kier molecular flexibility index (Phi) is 7.14. The van der Waals surface area contributed by atoms with Gasteiger partial charge in [-0.05, 0) is 77.8 Å². The third kappa shape index (κ3) is 5.29. The molecule has 1 heteroatoms. The number of anilines is 3. The quantitative estimate of drug-likeness (QED) is 0.374. The topological polar surface area (TPSA) is 3.24 Å². The lowest BCUT2D eigenvalue weighted by Gasteiger charge is -2.26. The van der Waals surface area contributed by atoms with Crippen molar-refractivity contribution in [1.29, 1.82) is 0 Å². The van der Waals surface area contributed by atoms with E-state index in [2.05, 4.69) is 112 Å². The normalized spacial score (nSPS) is 11.3. The molecule has 0 aliphatic rings. The van der Waals surface area contributed by atoms with Crippen molar-refractivity contribution >= 4 is 17.1 Å². The zero-order valence-electron chi connectivity index (χ0n) is 18.7. The van der Waals surface area contributed by atoms with E-state index in [9.17, 15) is 0 Å². The Hall–Kier alpha value is -2.54. The molecule has 0 radical (unpaired) electrons. The predicted molar refractivity (Wildman–Crippen MR) is 128 cm³/mol. The predicted octanol–water partition coefficient (Wildman–Crippen LogP) is 8.75. The van der Waals surface area contributed by atoms with Gasteiger partial charge in [0.25, 0.3) is 0 Å². The minimum atomic E-state index is 0.542. The maximum absolute atomic E-state index is 2.36. The lowest BCUT2D eigenvalue weighted by atomic mass is 10.0. The molecular weight excluding hydrogens is 350 g/mol. The largest absolute Gasteiger partial charge is 0.311 e. The Balaban J connectivity index is 1.98. The molecule has 29 heavy (non-hydrogen) atoms. The van der Waals surface area contributed by atoms with Gasteiger partial charge < -0.3 is 4.90 Å². The Morgan fingerprint density at radius 1 is 0.586 bits per heavy atom. The second-order valence-corrected chi connectivity index (χ2v) is 8.60. The zero-order chi connectivity index (χ0) is 20.8. The molecule has 0 saturated heterocycles. The van der Waals surface area contributed by atoms with Gasteiger partial charge in [-0.3, -0.25) is 0 Å². The summed E-state index contributed by atoms with van der Waals surface area (Å²) in [7, 11) is 0. The molecule has 3 rings (SSSR count). The van der Waals surface area contributed by atoms with Crippen LogP contribution >= 0.6 is 0 Å². The number of unbranched alkanes of at least 4 members (excludes halogenated alkanes) is 1. The van der Waals surface area contributed by atoms with Gasteiger partial charge in [0.2, 0.25) is 0 Å². The van der Waals surface area contributed by atoms with Crippen LogP contribution in [0.4, 0.5) is 17.1 Å². The van der Waals surface area contributed by atoms with E-state index >= 15 is 0 Å². The molecule has 0 atom stereocenters. The Labute approximate surface area is 177 Å². The third-order valence-electron chi connectivity index (χ3n) is 5.65. The second-order valence-electron chi connectivity index (χ2n) is 8.60. The van der Waals surface area contributed by atoms with E-state index in [0.717, 1.165) is 6.42 Å². The molecule has 0 saturated carbocycles. The smallest absolute Gasteiger partial charge is 0.0461 e. The van der Waals surface area contributed by atoms with Gasteiger partial charge in [-0.15, -0.1) is 0 Å². The van der Waals surface area contributed by atoms with E-state index in [-0.39, 0.29) is 0 Å². The van der Waals surface area contributed by atoms with Crippen molar-refractivity contribution in [1.82, 2.24) is 0 Å². The summed E-state index contributed by atoms with van der Waals surface area (Å²) >= 11 is 0. The molecule has 0 N–H and O–H groups in total. The highest BCUT2D eigenvalue weighted by atomic mass is 15.1. The van der Waals surface area contributed by atoms with Crippen LogP contribution in [0.15, 0.2) is 72.8 Å². The second kappa shape index (κ2) is 9.78. The summed E-state index contributed by atoms with van der Waals surface area (Å²) in [5, 5.41) is 0. The highest BCUT2D eigenvalue weighted by Crippen LogP contribution is 2.36. The van der Waals surface area contributed by atoms with Crippen molar-refractivity contribution in [2.75, 3.05) is 4.90 Å². The van der Waals surface area contributed by atoms with Crippen LogP contribution in [0.3, 0.4) is 0 Å².